The molecule has 2 aromatic carbocycles. The second kappa shape index (κ2) is 6.64. The van der Waals surface area contributed by atoms with Crippen LogP contribution in [0.15, 0.2) is 51.4 Å². The number of benzene rings is 2. The van der Waals surface area contributed by atoms with Crippen LogP contribution in [0.1, 0.15) is 17.0 Å². The molecule has 2 rings (SSSR count). The van der Waals surface area contributed by atoms with Crippen LogP contribution < -0.4 is 0 Å². The molecule has 0 aliphatic rings. The zero-order chi connectivity index (χ0) is 13.8. The highest BCUT2D eigenvalue weighted by atomic mass is 79.9. The zero-order valence-electron chi connectivity index (χ0n) is 10.1. The fourth-order valence-electron chi connectivity index (χ4n) is 2.00. The Bertz CT molecular complexity index is 572. The van der Waals surface area contributed by atoms with Gasteiger partial charge in [-0.25, -0.2) is 4.39 Å². The zero-order valence-corrected chi connectivity index (χ0v) is 13.3. The van der Waals surface area contributed by atoms with Gasteiger partial charge in [0, 0.05) is 10.4 Å². The van der Waals surface area contributed by atoms with Crippen LogP contribution in [0.3, 0.4) is 0 Å². The van der Waals surface area contributed by atoms with E-state index in [1.54, 1.807) is 12.1 Å². The molecule has 100 valence electrons. The van der Waals surface area contributed by atoms with Crippen LogP contribution in [0.4, 0.5) is 4.39 Å². The summed E-state index contributed by atoms with van der Waals surface area (Å²) >= 11 is 6.61. The maximum atomic E-state index is 13.2. The molecule has 0 bridgehead atoms. The maximum Gasteiger partial charge on any atom is 0.137 e. The molecule has 0 aliphatic heterocycles. The molecule has 1 atom stereocenters. The van der Waals surface area contributed by atoms with Crippen molar-refractivity contribution in [3.05, 3.63) is 68.4 Å². The molecule has 0 saturated heterocycles. The predicted molar refractivity (Wildman–Crippen MR) is 81.8 cm³/mol. The van der Waals surface area contributed by atoms with E-state index in [-0.39, 0.29) is 18.3 Å². The summed E-state index contributed by atoms with van der Waals surface area (Å²) < 4.78 is 14.6. The Labute approximate surface area is 128 Å². The van der Waals surface area contributed by atoms with E-state index in [1.807, 2.05) is 24.3 Å². The summed E-state index contributed by atoms with van der Waals surface area (Å²) in [5.74, 6) is -0.262. The summed E-state index contributed by atoms with van der Waals surface area (Å²) in [6, 6.07) is 12.8. The molecule has 1 nitrogen and oxygen atoms in total. The van der Waals surface area contributed by atoms with Crippen molar-refractivity contribution in [3.8, 4) is 0 Å². The van der Waals surface area contributed by atoms with Crippen molar-refractivity contribution in [2.45, 2.75) is 12.3 Å². The molecule has 19 heavy (non-hydrogen) atoms. The van der Waals surface area contributed by atoms with Gasteiger partial charge in [0.2, 0.25) is 0 Å². The largest absolute Gasteiger partial charge is 0.396 e. The van der Waals surface area contributed by atoms with Crippen LogP contribution in [0.25, 0.3) is 0 Å². The van der Waals surface area contributed by atoms with Gasteiger partial charge in [0.25, 0.3) is 0 Å². The molecule has 1 unspecified atom stereocenters. The monoisotopic (exact) mass is 386 g/mol. The molecule has 0 radical (unpaired) electrons. The van der Waals surface area contributed by atoms with E-state index in [1.165, 1.54) is 6.07 Å². The Morgan fingerprint density at radius 1 is 1.11 bits per heavy atom. The van der Waals surface area contributed by atoms with Crippen molar-refractivity contribution in [1.29, 1.82) is 0 Å². The van der Waals surface area contributed by atoms with Gasteiger partial charge < -0.3 is 5.11 Å². The first-order valence-electron chi connectivity index (χ1n) is 5.90. The summed E-state index contributed by atoms with van der Waals surface area (Å²) in [6.07, 6.45) is 0.672. The third kappa shape index (κ3) is 3.88. The van der Waals surface area contributed by atoms with E-state index in [2.05, 4.69) is 31.9 Å². The first kappa shape index (κ1) is 14.7. The first-order chi connectivity index (χ1) is 9.10. The number of hydrogen-bond donors (Lipinski definition) is 1. The van der Waals surface area contributed by atoms with Crippen molar-refractivity contribution < 1.29 is 9.50 Å². The van der Waals surface area contributed by atoms with Gasteiger partial charge in [-0.3, -0.25) is 0 Å². The number of aliphatic hydroxyl groups excluding tert-OH is 1. The van der Waals surface area contributed by atoms with Crippen LogP contribution in [0, 0.1) is 5.82 Å². The van der Waals surface area contributed by atoms with Crippen LogP contribution in [0.5, 0.6) is 0 Å². The summed E-state index contributed by atoms with van der Waals surface area (Å²) in [6.45, 7) is 0.0610. The number of halogens is 3. The molecule has 0 aliphatic carbocycles. The van der Waals surface area contributed by atoms with Crippen molar-refractivity contribution in [1.82, 2.24) is 0 Å². The second-order valence-electron chi connectivity index (χ2n) is 4.39. The van der Waals surface area contributed by atoms with E-state index >= 15 is 0 Å². The summed E-state index contributed by atoms with van der Waals surface area (Å²) in [5.41, 5.74) is 2.06. The lowest BCUT2D eigenvalue weighted by atomic mass is 9.93. The molecule has 2 aromatic rings. The Hall–Kier alpha value is -0.710. The standard InChI is InChI=1S/C15H13Br2FO/c16-13-3-1-2-11(8-13)12(9-19)6-10-4-5-15(18)14(17)7-10/h1-5,7-8,12,19H,6,9H2. The molecule has 0 saturated carbocycles. The molecule has 0 aromatic heterocycles. The average Bonchev–Trinajstić information content (AvgIpc) is 2.40. The molecule has 0 amide bonds. The van der Waals surface area contributed by atoms with Crippen molar-refractivity contribution in [3.63, 3.8) is 0 Å². The van der Waals surface area contributed by atoms with Gasteiger partial charge in [-0.05, 0) is 57.7 Å². The van der Waals surface area contributed by atoms with Crippen LogP contribution in [-0.2, 0) is 6.42 Å². The van der Waals surface area contributed by atoms with E-state index in [9.17, 15) is 9.50 Å². The van der Waals surface area contributed by atoms with E-state index in [4.69, 9.17) is 0 Å². The minimum Gasteiger partial charge on any atom is -0.396 e. The highest BCUT2D eigenvalue weighted by Crippen LogP contribution is 2.25. The first-order valence-corrected chi connectivity index (χ1v) is 7.49. The number of hydrogen-bond acceptors (Lipinski definition) is 1. The Morgan fingerprint density at radius 2 is 1.89 bits per heavy atom. The smallest absolute Gasteiger partial charge is 0.137 e. The van der Waals surface area contributed by atoms with Crippen LogP contribution in [0.2, 0.25) is 0 Å². The molecule has 0 spiro atoms. The predicted octanol–water partition coefficient (Wildman–Crippen LogP) is 4.67. The van der Waals surface area contributed by atoms with Crippen molar-refractivity contribution >= 4 is 31.9 Å². The average molecular weight is 388 g/mol. The lowest BCUT2D eigenvalue weighted by Crippen LogP contribution is -2.08. The minimum absolute atomic E-state index is 0.00913. The minimum atomic E-state index is -0.272. The van der Waals surface area contributed by atoms with Crippen molar-refractivity contribution in [2.75, 3.05) is 6.61 Å². The molecular formula is C15H13Br2FO. The molecular weight excluding hydrogens is 375 g/mol. The number of rotatable bonds is 4. The molecule has 0 fully saturated rings. The molecule has 4 heteroatoms. The third-order valence-electron chi connectivity index (χ3n) is 3.01. The highest BCUT2D eigenvalue weighted by Gasteiger charge is 2.12. The van der Waals surface area contributed by atoms with Gasteiger partial charge in [0.1, 0.15) is 5.82 Å². The topological polar surface area (TPSA) is 20.2 Å². The van der Waals surface area contributed by atoms with E-state index < -0.39 is 0 Å². The van der Waals surface area contributed by atoms with Gasteiger partial charge in [0.15, 0.2) is 0 Å². The third-order valence-corrected chi connectivity index (χ3v) is 4.11. The number of aliphatic hydroxyl groups is 1. The Kier molecular flexibility index (Phi) is 5.13. The fraction of sp³-hybridized carbons (Fsp3) is 0.200. The molecule has 0 heterocycles. The summed E-state index contributed by atoms with van der Waals surface area (Å²) in [7, 11) is 0. The Morgan fingerprint density at radius 3 is 2.53 bits per heavy atom. The lowest BCUT2D eigenvalue weighted by Gasteiger charge is -2.15. The fourth-order valence-corrected chi connectivity index (χ4v) is 2.84. The maximum absolute atomic E-state index is 13.2. The SMILES string of the molecule is OCC(Cc1ccc(F)c(Br)c1)c1cccc(Br)c1. The summed E-state index contributed by atoms with van der Waals surface area (Å²) in [5, 5.41) is 9.55. The van der Waals surface area contributed by atoms with Gasteiger partial charge in [-0.2, -0.15) is 0 Å². The quantitative estimate of drug-likeness (QED) is 0.808. The normalized spacial score (nSPS) is 12.4. The lowest BCUT2D eigenvalue weighted by molar-refractivity contribution is 0.264. The summed E-state index contributed by atoms with van der Waals surface area (Å²) in [4.78, 5) is 0. The van der Waals surface area contributed by atoms with E-state index in [0.717, 1.165) is 15.6 Å². The second-order valence-corrected chi connectivity index (χ2v) is 6.16. The highest BCUT2D eigenvalue weighted by molar-refractivity contribution is 9.10. The Balaban J connectivity index is 2.21. The van der Waals surface area contributed by atoms with Gasteiger partial charge >= 0.3 is 0 Å². The molecule has 1 N–H and O–H groups in total. The van der Waals surface area contributed by atoms with Crippen LogP contribution in [-0.4, -0.2) is 11.7 Å². The van der Waals surface area contributed by atoms with Gasteiger partial charge in [-0.15, -0.1) is 0 Å². The van der Waals surface area contributed by atoms with Crippen LogP contribution >= 0.6 is 31.9 Å². The van der Waals surface area contributed by atoms with Gasteiger partial charge in [0.05, 0.1) is 11.1 Å². The van der Waals surface area contributed by atoms with E-state index in [0.29, 0.717) is 10.9 Å². The van der Waals surface area contributed by atoms with Crippen molar-refractivity contribution in [2.24, 2.45) is 0 Å². The van der Waals surface area contributed by atoms with Gasteiger partial charge in [-0.1, -0.05) is 34.1 Å².